The molecule has 2 heterocycles. The fourth-order valence-corrected chi connectivity index (χ4v) is 13.1. The first-order valence-corrected chi connectivity index (χ1v) is 29.6. The first-order chi connectivity index (χ1) is 38.1. The second kappa shape index (κ2) is 18.7. The summed E-state index contributed by atoms with van der Waals surface area (Å²) >= 11 is 0. The lowest BCUT2D eigenvalue weighted by Crippen LogP contribution is -2.61. The average molecular weight is 1060 g/mol. The largest absolute Gasteiger partial charge is 0.311 e. The molecule has 1 aliphatic carbocycles. The van der Waals surface area contributed by atoms with Crippen LogP contribution in [0.3, 0.4) is 0 Å². The van der Waals surface area contributed by atoms with Crippen LogP contribution in [0.4, 0.5) is 51.2 Å². The van der Waals surface area contributed by atoms with Gasteiger partial charge in [-0.05, 0) is 172 Å². The number of nitrogens with zero attached hydrogens (tertiary/aromatic N) is 3. The second-order valence-electron chi connectivity index (χ2n) is 29.2. The highest BCUT2D eigenvalue weighted by atomic mass is 15.2. The van der Waals surface area contributed by atoms with Gasteiger partial charge in [-0.15, -0.1) is 0 Å². The van der Waals surface area contributed by atoms with E-state index in [-0.39, 0.29) is 39.2 Å². The third-order valence-corrected chi connectivity index (χ3v) is 18.0. The topological polar surface area (TPSA) is 9.72 Å². The highest BCUT2D eigenvalue weighted by Crippen LogP contribution is 2.58. The Labute approximate surface area is 485 Å². The summed E-state index contributed by atoms with van der Waals surface area (Å²) in [5, 5.41) is 0. The van der Waals surface area contributed by atoms with Crippen molar-refractivity contribution in [2.24, 2.45) is 0 Å². The molecule has 4 heteroatoms. The molecule has 0 atom stereocenters. The lowest BCUT2D eigenvalue weighted by Gasteiger charge is -2.45. The molecule has 0 saturated heterocycles. The maximum absolute atomic E-state index is 2.70. The van der Waals surface area contributed by atoms with Crippen molar-refractivity contribution in [1.82, 2.24) is 0 Å². The molecule has 3 aliphatic rings. The van der Waals surface area contributed by atoms with Crippen molar-refractivity contribution in [2.45, 2.75) is 150 Å². The minimum absolute atomic E-state index is 0.00827. The highest BCUT2D eigenvalue weighted by molar-refractivity contribution is 7.00. The van der Waals surface area contributed by atoms with E-state index in [4.69, 9.17) is 0 Å². The molecule has 9 aromatic rings. The summed E-state index contributed by atoms with van der Waals surface area (Å²) in [5.41, 5.74) is 28.3. The molecule has 12 rings (SSSR count). The van der Waals surface area contributed by atoms with Crippen LogP contribution in [0, 0.1) is 0 Å². The Hall–Kier alpha value is -7.56. The van der Waals surface area contributed by atoms with E-state index in [0.29, 0.717) is 0 Å². The van der Waals surface area contributed by atoms with Crippen LogP contribution in [0.15, 0.2) is 188 Å². The van der Waals surface area contributed by atoms with Crippen molar-refractivity contribution in [3.05, 3.63) is 227 Å². The summed E-state index contributed by atoms with van der Waals surface area (Å²) in [6.07, 6.45) is 0. The SMILES string of the molecule is CC(C)(C)c1ccc(N(c2ccc(C(C)(C)C)cc2)c2cc(N3c4ccc(C(C)(C)C)cc4B4c5cc(C(C)(C)C)ccc5N(c5ccc(C(C)(C)C)cc5)c5cc(-c6ccccc6)cc3c54)c3c(c2)C(C)(C)c2ccccc2-3)cc1. The third-order valence-electron chi connectivity index (χ3n) is 18.0. The lowest BCUT2D eigenvalue weighted by atomic mass is 9.33. The van der Waals surface area contributed by atoms with Gasteiger partial charge in [0.25, 0.3) is 6.71 Å². The molecule has 0 aromatic heterocycles. The fourth-order valence-electron chi connectivity index (χ4n) is 13.1. The highest BCUT2D eigenvalue weighted by Gasteiger charge is 2.47. The molecule has 0 saturated carbocycles. The number of rotatable bonds is 6. The molecule has 9 aromatic carbocycles. The van der Waals surface area contributed by atoms with Gasteiger partial charge in [0, 0.05) is 56.5 Å². The second-order valence-corrected chi connectivity index (χ2v) is 29.2. The Bertz CT molecular complexity index is 3850. The number of fused-ring (bicyclic) bond motifs is 7. The van der Waals surface area contributed by atoms with Gasteiger partial charge in [-0.25, -0.2) is 0 Å². The van der Waals surface area contributed by atoms with Gasteiger partial charge in [-0.3, -0.25) is 0 Å². The van der Waals surface area contributed by atoms with E-state index in [0.717, 1.165) is 22.7 Å². The molecule has 3 nitrogen and oxygen atoms in total. The Morgan fingerprint density at radius 2 is 0.778 bits per heavy atom. The molecule has 2 aliphatic heterocycles. The van der Waals surface area contributed by atoms with Crippen molar-refractivity contribution in [3.63, 3.8) is 0 Å². The van der Waals surface area contributed by atoms with Crippen LogP contribution in [0.1, 0.15) is 157 Å². The van der Waals surface area contributed by atoms with Crippen molar-refractivity contribution in [1.29, 1.82) is 0 Å². The summed E-state index contributed by atoms with van der Waals surface area (Å²) < 4.78 is 0. The van der Waals surface area contributed by atoms with Crippen LogP contribution in [0.2, 0.25) is 0 Å². The molecule has 0 N–H and O–H groups in total. The van der Waals surface area contributed by atoms with Crippen LogP contribution in [0.25, 0.3) is 22.3 Å². The number of anilines is 9. The Morgan fingerprint density at radius 3 is 1.27 bits per heavy atom. The molecular formula is C77H82BN3. The van der Waals surface area contributed by atoms with Gasteiger partial charge in [0.2, 0.25) is 0 Å². The van der Waals surface area contributed by atoms with Crippen LogP contribution in [0.5, 0.6) is 0 Å². The molecule has 408 valence electrons. The van der Waals surface area contributed by atoms with E-state index in [2.05, 4.69) is 320 Å². The summed E-state index contributed by atoms with van der Waals surface area (Å²) in [4.78, 5) is 7.81. The van der Waals surface area contributed by atoms with E-state index in [1.165, 1.54) is 106 Å². The maximum atomic E-state index is 2.70. The molecule has 81 heavy (non-hydrogen) atoms. The summed E-state index contributed by atoms with van der Waals surface area (Å²) in [5.74, 6) is 0. The maximum Gasteiger partial charge on any atom is 0.252 e. The fraction of sp³-hybridized carbons (Fsp3) is 0.299. The summed E-state index contributed by atoms with van der Waals surface area (Å²) in [6.45, 7) is 39.7. The van der Waals surface area contributed by atoms with Crippen LogP contribution in [-0.4, -0.2) is 6.71 Å². The predicted molar refractivity (Wildman–Crippen MR) is 352 cm³/mol. The van der Waals surface area contributed by atoms with Gasteiger partial charge in [-0.1, -0.05) is 233 Å². The van der Waals surface area contributed by atoms with Gasteiger partial charge in [-0.2, -0.15) is 0 Å². The molecule has 0 fully saturated rings. The van der Waals surface area contributed by atoms with E-state index in [9.17, 15) is 0 Å². The molecule has 0 unspecified atom stereocenters. The number of hydrogen-bond acceptors (Lipinski definition) is 3. The predicted octanol–water partition coefficient (Wildman–Crippen LogP) is 19.7. The Balaban J connectivity index is 1.23. The van der Waals surface area contributed by atoms with Gasteiger partial charge < -0.3 is 14.7 Å². The van der Waals surface area contributed by atoms with Gasteiger partial charge >= 0.3 is 0 Å². The molecule has 0 radical (unpaired) electrons. The number of benzene rings is 9. The van der Waals surface area contributed by atoms with E-state index < -0.39 is 0 Å². The van der Waals surface area contributed by atoms with Crippen molar-refractivity contribution >= 4 is 74.3 Å². The lowest BCUT2D eigenvalue weighted by molar-refractivity contribution is 0.590. The molecule has 0 bridgehead atoms. The summed E-state index contributed by atoms with van der Waals surface area (Å²) in [6, 6.07) is 73.3. The Kier molecular flexibility index (Phi) is 12.5. The zero-order valence-corrected chi connectivity index (χ0v) is 51.3. The standard InChI is InChI=1S/C77H82BN3/c1-72(2,3)51-27-35-56(36-28-51)79(57-37-29-52(30-38-57)73(4,5)6)59-47-62-70(60-25-21-22-26-61(60)77(62,16)17)67(48-59)81-66-42-34-55(76(13,14)15)46-64(66)78-63-45-54(75(10,11)12)33-41-65(63)80(58-39-31-53(32-40-58)74(7,8)9)68-43-50(44-69(81)71(68)78)49-23-19-18-20-24-49/h18-48H,1-17H3. The monoisotopic (exact) mass is 1060 g/mol. The van der Waals surface area contributed by atoms with Crippen molar-refractivity contribution < 1.29 is 0 Å². The normalized spacial score (nSPS) is 14.5. The molecule has 0 spiro atoms. The van der Waals surface area contributed by atoms with E-state index in [1.807, 2.05) is 0 Å². The minimum Gasteiger partial charge on any atom is -0.311 e. The Morgan fingerprint density at radius 1 is 0.346 bits per heavy atom. The van der Waals surface area contributed by atoms with Gasteiger partial charge in [0.15, 0.2) is 0 Å². The quantitative estimate of drug-likeness (QED) is 0.154. The minimum atomic E-state index is -0.310. The van der Waals surface area contributed by atoms with Crippen molar-refractivity contribution in [2.75, 3.05) is 14.7 Å². The molecule has 0 amide bonds. The zero-order chi connectivity index (χ0) is 57.5. The molecular weight excluding hydrogens is 978 g/mol. The van der Waals surface area contributed by atoms with Crippen LogP contribution >= 0.6 is 0 Å². The first-order valence-electron chi connectivity index (χ1n) is 29.6. The van der Waals surface area contributed by atoms with Crippen LogP contribution < -0.4 is 31.1 Å². The van der Waals surface area contributed by atoms with Gasteiger partial charge in [0.05, 0.1) is 5.69 Å². The first kappa shape index (κ1) is 54.1. The van der Waals surface area contributed by atoms with E-state index >= 15 is 0 Å². The van der Waals surface area contributed by atoms with E-state index in [1.54, 1.807) is 0 Å². The van der Waals surface area contributed by atoms with Gasteiger partial charge in [0.1, 0.15) is 0 Å². The average Bonchev–Trinajstić information content (AvgIpc) is 3.83. The summed E-state index contributed by atoms with van der Waals surface area (Å²) in [7, 11) is 0. The smallest absolute Gasteiger partial charge is 0.252 e. The zero-order valence-electron chi connectivity index (χ0n) is 51.3. The van der Waals surface area contributed by atoms with Crippen LogP contribution in [-0.2, 0) is 32.5 Å². The number of hydrogen-bond donors (Lipinski definition) is 0. The van der Waals surface area contributed by atoms with Crippen molar-refractivity contribution in [3.8, 4) is 22.3 Å². The third kappa shape index (κ3) is 9.22.